The average molecular weight is 415 g/mol. The Morgan fingerprint density at radius 3 is 2.40 bits per heavy atom. The molecular weight excluding hydrogens is 392 g/mol. The molecule has 0 aliphatic rings. The topological polar surface area (TPSA) is 59.3 Å². The number of thioether (sulfide) groups is 1. The highest BCUT2D eigenvalue weighted by molar-refractivity contribution is 7.99. The van der Waals surface area contributed by atoms with Crippen molar-refractivity contribution in [1.29, 1.82) is 0 Å². The number of carbonyl (C=O) groups excluding carboxylic acids is 1. The van der Waals surface area contributed by atoms with Gasteiger partial charge < -0.3 is 4.57 Å². The number of aromatic nitrogens is 2. The minimum Gasteiger partial charge on any atom is -0.314 e. The number of hydrazone groups is 1. The van der Waals surface area contributed by atoms with Crippen molar-refractivity contribution in [3.63, 3.8) is 0 Å². The van der Waals surface area contributed by atoms with E-state index in [4.69, 9.17) is 4.98 Å². The van der Waals surface area contributed by atoms with Gasteiger partial charge in [0.15, 0.2) is 5.16 Å². The Balaban J connectivity index is 1.47. The number of fused-ring (bicyclic) bond motifs is 1. The second kappa shape index (κ2) is 9.41. The van der Waals surface area contributed by atoms with Gasteiger partial charge in [-0.3, -0.25) is 4.79 Å². The molecule has 3 aromatic carbocycles. The van der Waals surface area contributed by atoms with E-state index in [1.54, 1.807) is 0 Å². The second-order valence-electron chi connectivity index (χ2n) is 6.84. The Kier molecular flexibility index (Phi) is 6.25. The van der Waals surface area contributed by atoms with Crippen LogP contribution in [0, 0.1) is 0 Å². The number of nitrogens with zero attached hydrogens (tertiary/aromatic N) is 3. The van der Waals surface area contributed by atoms with Crippen molar-refractivity contribution in [2.24, 2.45) is 5.10 Å². The molecule has 0 aliphatic heterocycles. The number of hydrogen-bond acceptors (Lipinski definition) is 4. The Hall–Kier alpha value is -3.38. The van der Waals surface area contributed by atoms with Gasteiger partial charge in [-0.05, 0) is 30.2 Å². The van der Waals surface area contributed by atoms with Crippen LogP contribution in [-0.4, -0.2) is 26.9 Å². The summed E-state index contributed by atoms with van der Waals surface area (Å²) >= 11 is 1.42. The fourth-order valence-electron chi connectivity index (χ4n) is 3.13. The largest absolute Gasteiger partial charge is 0.314 e. The van der Waals surface area contributed by atoms with Crippen LogP contribution in [0.1, 0.15) is 18.1 Å². The van der Waals surface area contributed by atoms with E-state index < -0.39 is 0 Å². The second-order valence-corrected chi connectivity index (χ2v) is 7.78. The van der Waals surface area contributed by atoms with Crippen LogP contribution in [-0.2, 0) is 11.3 Å². The molecule has 0 aliphatic carbocycles. The highest BCUT2D eigenvalue weighted by Gasteiger charge is 2.13. The van der Waals surface area contributed by atoms with Gasteiger partial charge in [-0.15, -0.1) is 0 Å². The van der Waals surface area contributed by atoms with Crippen LogP contribution in [0.5, 0.6) is 0 Å². The summed E-state index contributed by atoms with van der Waals surface area (Å²) < 4.78 is 2.15. The molecule has 5 nitrogen and oxygen atoms in total. The zero-order chi connectivity index (χ0) is 20.8. The lowest BCUT2D eigenvalue weighted by atomic mass is 10.1. The third-order valence-corrected chi connectivity index (χ3v) is 5.65. The summed E-state index contributed by atoms with van der Waals surface area (Å²) in [5.74, 6) is 0.0811. The van der Waals surface area contributed by atoms with E-state index in [-0.39, 0.29) is 11.7 Å². The van der Waals surface area contributed by atoms with Gasteiger partial charge in [0, 0.05) is 0 Å². The standard InChI is InChI=1S/C24H22N4OS/c1-18(20-12-6-3-7-13-20)26-27-23(29)17-30-24-25-21-14-8-9-15-22(21)28(24)16-19-10-4-2-5-11-19/h2-15H,16-17H2,1H3,(H,27,29)/b26-18+. The van der Waals surface area contributed by atoms with Crippen molar-refractivity contribution in [3.8, 4) is 0 Å². The van der Waals surface area contributed by atoms with Crippen molar-refractivity contribution >= 4 is 34.4 Å². The van der Waals surface area contributed by atoms with E-state index in [0.717, 1.165) is 27.5 Å². The first-order valence-electron chi connectivity index (χ1n) is 9.71. The predicted octanol–water partition coefficient (Wildman–Crippen LogP) is 4.72. The number of carbonyl (C=O) groups is 1. The van der Waals surface area contributed by atoms with E-state index in [0.29, 0.717) is 6.54 Å². The van der Waals surface area contributed by atoms with Crippen LogP contribution in [0.4, 0.5) is 0 Å². The summed E-state index contributed by atoms with van der Waals surface area (Å²) in [5, 5.41) is 5.03. The molecule has 4 aromatic rings. The molecular formula is C24H22N4OS. The first kappa shape index (κ1) is 19.9. The summed E-state index contributed by atoms with van der Waals surface area (Å²) in [4.78, 5) is 17.1. The first-order valence-corrected chi connectivity index (χ1v) is 10.7. The maximum absolute atomic E-state index is 12.4. The molecule has 0 saturated carbocycles. The van der Waals surface area contributed by atoms with Crippen molar-refractivity contribution < 1.29 is 4.79 Å². The highest BCUT2D eigenvalue weighted by atomic mass is 32.2. The van der Waals surface area contributed by atoms with Gasteiger partial charge in [0.25, 0.3) is 5.91 Å². The number of nitrogens with one attached hydrogen (secondary N) is 1. The SMILES string of the molecule is C/C(=N\NC(=O)CSc1nc2ccccc2n1Cc1ccccc1)c1ccccc1. The molecule has 1 amide bonds. The van der Waals surface area contributed by atoms with E-state index in [2.05, 4.69) is 33.3 Å². The Morgan fingerprint density at radius 2 is 1.63 bits per heavy atom. The van der Waals surface area contributed by atoms with E-state index in [9.17, 15) is 4.79 Å². The number of amides is 1. The quantitative estimate of drug-likeness (QED) is 0.270. The number of imidazole rings is 1. The lowest BCUT2D eigenvalue weighted by Gasteiger charge is -2.09. The van der Waals surface area contributed by atoms with E-state index in [1.165, 1.54) is 17.3 Å². The van der Waals surface area contributed by atoms with Gasteiger partial charge in [-0.1, -0.05) is 84.6 Å². The molecule has 4 rings (SSSR count). The van der Waals surface area contributed by atoms with Crippen LogP contribution in [0.3, 0.4) is 0 Å². The molecule has 30 heavy (non-hydrogen) atoms. The van der Waals surface area contributed by atoms with Crippen LogP contribution >= 0.6 is 11.8 Å². The predicted molar refractivity (Wildman–Crippen MR) is 123 cm³/mol. The lowest BCUT2D eigenvalue weighted by molar-refractivity contribution is -0.118. The van der Waals surface area contributed by atoms with Gasteiger partial charge in [-0.25, -0.2) is 10.4 Å². The third kappa shape index (κ3) is 4.78. The molecule has 0 bridgehead atoms. The highest BCUT2D eigenvalue weighted by Crippen LogP contribution is 2.25. The molecule has 0 atom stereocenters. The van der Waals surface area contributed by atoms with Crippen molar-refractivity contribution in [3.05, 3.63) is 96.1 Å². The monoisotopic (exact) mass is 414 g/mol. The summed E-state index contributed by atoms with van der Waals surface area (Å²) in [6, 6.07) is 28.1. The number of para-hydroxylation sites is 2. The number of hydrogen-bond donors (Lipinski definition) is 1. The normalized spacial score (nSPS) is 11.6. The van der Waals surface area contributed by atoms with Gasteiger partial charge >= 0.3 is 0 Å². The van der Waals surface area contributed by atoms with Crippen LogP contribution in [0.15, 0.2) is 95.2 Å². The summed E-state index contributed by atoms with van der Waals surface area (Å²) in [5.41, 5.74) is 7.57. The third-order valence-electron chi connectivity index (χ3n) is 4.68. The smallest absolute Gasteiger partial charge is 0.250 e. The van der Waals surface area contributed by atoms with Crippen LogP contribution in [0.25, 0.3) is 11.0 Å². The van der Waals surface area contributed by atoms with Gasteiger partial charge in [0.1, 0.15) is 0 Å². The molecule has 0 unspecified atom stereocenters. The maximum Gasteiger partial charge on any atom is 0.250 e. The van der Waals surface area contributed by atoms with Gasteiger partial charge in [-0.2, -0.15) is 5.10 Å². The first-order chi connectivity index (χ1) is 14.7. The van der Waals surface area contributed by atoms with E-state index >= 15 is 0 Å². The maximum atomic E-state index is 12.4. The molecule has 0 radical (unpaired) electrons. The Bertz CT molecular complexity index is 1170. The lowest BCUT2D eigenvalue weighted by Crippen LogP contribution is -2.21. The van der Waals surface area contributed by atoms with Crippen LogP contribution < -0.4 is 5.43 Å². The minimum atomic E-state index is -0.159. The van der Waals surface area contributed by atoms with Gasteiger partial charge in [0.2, 0.25) is 0 Å². The van der Waals surface area contributed by atoms with Gasteiger partial charge in [0.05, 0.1) is 29.0 Å². The molecule has 0 fully saturated rings. The molecule has 150 valence electrons. The molecule has 6 heteroatoms. The summed E-state index contributed by atoms with van der Waals surface area (Å²) in [6.07, 6.45) is 0. The number of benzene rings is 3. The minimum absolute atomic E-state index is 0.159. The van der Waals surface area contributed by atoms with E-state index in [1.807, 2.05) is 73.7 Å². The fraction of sp³-hybridized carbons (Fsp3) is 0.125. The van der Waals surface area contributed by atoms with Crippen molar-refractivity contribution in [2.45, 2.75) is 18.6 Å². The summed E-state index contributed by atoms with van der Waals surface area (Å²) in [6.45, 7) is 2.58. The molecule has 0 spiro atoms. The number of rotatable bonds is 7. The summed E-state index contributed by atoms with van der Waals surface area (Å²) in [7, 11) is 0. The average Bonchev–Trinajstić information content (AvgIpc) is 3.14. The van der Waals surface area contributed by atoms with Crippen molar-refractivity contribution in [1.82, 2.24) is 15.0 Å². The van der Waals surface area contributed by atoms with Crippen LogP contribution in [0.2, 0.25) is 0 Å². The molecule has 1 N–H and O–H groups in total. The Labute approximate surface area is 179 Å². The zero-order valence-corrected chi connectivity index (χ0v) is 17.5. The van der Waals surface area contributed by atoms with Crippen molar-refractivity contribution in [2.75, 3.05) is 5.75 Å². The fourth-order valence-corrected chi connectivity index (χ4v) is 3.94. The molecule has 1 heterocycles. The molecule has 1 aromatic heterocycles. The Morgan fingerprint density at radius 1 is 0.967 bits per heavy atom. The molecule has 0 saturated heterocycles. The zero-order valence-electron chi connectivity index (χ0n) is 16.7.